The van der Waals surface area contributed by atoms with Gasteiger partial charge in [-0.2, -0.15) is 0 Å². The highest BCUT2D eigenvalue weighted by atomic mass is 16.6. The highest BCUT2D eigenvalue weighted by Gasteiger charge is 2.24. The van der Waals surface area contributed by atoms with Gasteiger partial charge in [-0.1, -0.05) is 13.8 Å². The van der Waals surface area contributed by atoms with Crippen LogP contribution in [0.25, 0.3) is 0 Å². The number of hydrogen-bond donors (Lipinski definition) is 0. The first-order chi connectivity index (χ1) is 5.58. The maximum absolute atomic E-state index is 10.8. The van der Waals surface area contributed by atoms with Crippen LogP contribution < -0.4 is 0 Å². The van der Waals surface area contributed by atoms with Crippen LogP contribution in [0.5, 0.6) is 0 Å². The summed E-state index contributed by atoms with van der Waals surface area (Å²) in [6, 6.07) is 0. The summed E-state index contributed by atoms with van der Waals surface area (Å²) in [6.07, 6.45) is 0. The van der Waals surface area contributed by atoms with Crippen LogP contribution >= 0.6 is 0 Å². The van der Waals surface area contributed by atoms with E-state index in [0.717, 1.165) is 6.54 Å². The molecule has 0 N–H and O–H groups in total. The van der Waals surface area contributed by atoms with Crippen molar-refractivity contribution >= 4 is 11.9 Å². The highest BCUT2D eigenvalue weighted by molar-refractivity contribution is 5.90. The van der Waals surface area contributed by atoms with E-state index in [9.17, 15) is 9.59 Å². The van der Waals surface area contributed by atoms with Gasteiger partial charge < -0.3 is 4.74 Å². The molecule has 0 unspecified atom stereocenters. The Kier molecular flexibility index (Phi) is 2.81. The average molecular weight is 171 g/mol. The molecule has 1 heterocycles. The monoisotopic (exact) mass is 171 g/mol. The second-order valence-corrected chi connectivity index (χ2v) is 3.41. The molecule has 4 heteroatoms. The highest BCUT2D eigenvalue weighted by Crippen LogP contribution is 2.03. The van der Waals surface area contributed by atoms with Crippen LogP contribution in [0.2, 0.25) is 0 Å². The van der Waals surface area contributed by atoms with Crippen molar-refractivity contribution in [3.05, 3.63) is 0 Å². The van der Waals surface area contributed by atoms with Crippen molar-refractivity contribution < 1.29 is 14.3 Å². The molecule has 0 radical (unpaired) electrons. The molecule has 0 aliphatic carbocycles. The van der Waals surface area contributed by atoms with Crippen LogP contribution in [0.1, 0.15) is 13.8 Å². The first kappa shape index (κ1) is 9.19. The maximum atomic E-state index is 10.8. The number of cyclic esters (lactones) is 2. The Morgan fingerprint density at radius 2 is 1.83 bits per heavy atom. The fraction of sp³-hybridized carbons (Fsp3) is 0.750. The van der Waals surface area contributed by atoms with E-state index in [-0.39, 0.29) is 13.1 Å². The maximum Gasteiger partial charge on any atom is 0.327 e. The van der Waals surface area contributed by atoms with E-state index in [1.54, 1.807) is 4.90 Å². The first-order valence-corrected chi connectivity index (χ1v) is 4.04. The lowest BCUT2D eigenvalue weighted by molar-refractivity contribution is -0.166. The van der Waals surface area contributed by atoms with Crippen LogP contribution in [0.4, 0.5) is 0 Å². The van der Waals surface area contributed by atoms with Crippen molar-refractivity contribution in [1.29, 1.82) is 0 Å². The molecule has 68 valence electrons. The van der Waals surface area contributed by atoms with Crippen LogP contribution in [-0.4, -0.2) is 36.5 Å². The molecule has 1 fully saturated rings. The smallest absolute Gasteiger partial charge is 0.327 e. The molecule has 0 saturated carbocycles. The second kappa shape index (κ2) is 3.67. The van der Waals surface area contributed by atoms with E-state index in [0.29, 0.717) is 5.92 Å². The van der Waals surface area contributed by atoms with E-state index >= 15 is 0 Å². The lowest BCUT2D eigenvalue weighted by atomic mass is 10.2. The molecule has 1 aliphatic heterocycles. The minimum Gasteiger partial charge on any atom is -0.391 e. The van der Waals surface area contributed by atoms with Gasteiger partial charge in [0.25, 0.3) is 0 Å². The van der Waals surface area contributed by atoms with E-state index in [2.05, 4.69) is 4.74 Å². The quantitative estimate of drug-likeness (QED) is 0.434. The van der Waals surface area contributed by atoms with E-state index in [4.69, 9.17) is 0 Å². The van der Waals surface area contributed by atoms with Crippen molar-refractivity contribution in [1.82, 2.24) is 4.90 Å². The predicted octanol–water partition coefficient (Wildman–Crippen LogP) is 0.0278. The summed E-state index contributed by atoms with van der Waals surface area (Å²) in [5.41, 5.74) is 0. The number of carbonyl (C=O) groups excluding carboxylic acids is 2. The summed E-state index contributed by atoms with van der Waals surface area (Å²) in [5.74, 6) is -0.414. The normalized spacial score (nSPS) is 19.9. The Morgan fingerprint density at radius 1 is 1.33 bits per heavy atom. The number of nitrogens with zero attached hydrogens (tertiary/aromatic N) is 1. The molecule has 4 nitrogen and oxygen atoms in total. The Balaban J connectivity index is 2.44. The first-order valence-electron chi connectivity index (χ1n) is 4.04. The molecule has 0 bridgehead atoms. The Bertz CT molecular complexity index is 184. The van der Waals surface area contributed by atoms with Gasteiger partial charge in [-0.3, -0.25) is 14.5 Å². The van der Waals surface area contributed by atoms with Gasteiger partial charge in [0, 0.05) is 6.54 Å². The topological polar surface area (TPSA) is 46.6 Å². The number of morpholine rings is 1. The summed E-state index contributed by atoms with van der Waals surface area (Å²) >= 11 is 0. The van der Waals surface area contributed by atoms with Gasteiger partial charge in [-0.25, -0.2) is 0 Å². The van der Waals surface area contributed by atoms with Gasteiger partial charge in [0.15, 0.2) is 0 Å². The van der Waals surface area contributed by atoms with Crippen molar-refractivity contribution in [3.63, 3.8) is 0 Å². The fourth-order valence-corrected chi connectivity index (χ4v) is 1.26. The third-order valence-electron chi connectivity index (χ3n) is 1.56. The van der Waals surface area contributed by atoms with Gasteiger partial charge in [-0.15, -0.1) is 0 Å². The zero-order valence-corrected chi connectivity index (χ0v) is 7.37. The fourth-order valence-electron chi connectivity index (χ4n) is 1.26. The van der Waals surface area contributed by atoms with Crippen molar-refractivity contribution in [3.8, 4) is 0 Å². The van der Waals surface area contributed by atoms with Crippen molar-refractivity contribution in [2.45, 2.75) is 13.8 Å². The molecule has 0 aromatic heterocycles. The predicted molar refractivity (Wildman–Crippen MR) is 42.4 cm³/mol. The van der Waals surface area contributed by atoms with Crippen molar-refractivity contribution in [2.24, 2.45) is 5.92 Å². The number of hydrogen-bond acceptors (Lipinski definition) is 4. The third kappa shape index (κ3) is 2.62. The molecule has 1 aliphatic rings. The summed E-state index contributed by atoms with van der Waals surface area (Å²) in [5, 5.41) is 0. The van der Waals surface area contributed by atoms with Crippen LogP contribution in [0.15, 0.2) is 0 Å². The van der Waals surface area contributed by atoms with Gasteiger partial charge in [0.2, 0.25) is 0 Å². The summed E-state index contributed by atoms with van der Waals surface area (Å²) < 4.78 is 4.38. The van der Waals surface area contributed by atoms with Crippen LogP contribution in [0, 0.1) is 5.92 Å². The Labute approximate surface area is 71.5 Å². The number of rotatable bonds is 2. The third-order valence-corrected chi connectivity index (χ3v) is 1.56. The molecular weight excluding hydrogens is 158 g/mol. The molecule has 0 atom stereocenters. The molecule has 0 aromatic rings. The summed E-state index contributed by atoms with van der Waals surface area (Å²) in [7, 11) is 0. The SMILES string of the molecule is CC(C)CN1CC(=O)OC(=O)C1. The van der Waals surface area contributed by atoms with E-state index in [1.807, 2.05) is 13.8 Å². The molecule has 12 heavy (non-hydrogen) atoms. The molecule has 1 rings (SSSR count). The van der Waals surface area contributed by atoms with E-state index < -0.39 is 11.9 Å². The lowest BCUT2D eigenvalue weighted by Gasteiger charge is -2.25. The Morgan fingerprint density at radius 3 is 2.25 bits per heavy atom. The van der Waals surface area contributed by atoms with Crippen LogP contribution in [-0.2, 0) is 14.3 Å². The van der Waals surface area contributed by atoms with Crippen LogP contribution in [0.3, 0.4) is 0 Å². The lowest BCUT2D eigenvalue weighted by Crippen LogP contribution is -2.44. The molecule has 0 aromatic carbocycles. The standard InChI is InChI=1S/C8H13NO3/c1-6(2)3-9-4-7(10)12-8(11)5-9/h6H,3-5H2,1-2H3. The second-order valence-electron chi connectivity index (χ2n) is 3.41. The zero-order chi connectivity index (χ0) is 9.14. The largest absolute Gasteiger partial charge is 0.391 e. The van der Waals surface area contributed by atoms with Crippen molar-refractivity contribution in [2.75, 3.05) is 19.6 Å². The number of esters is 2. The van der Waals surface area contributed by atoms with E-state index in [1.165, 1.54) is 0 Å². The molecule has 1 saturated heterocycles. The van der Waals surface area contributed by atoms with Gasteiger partial charge in [-0.05, 0) is 5.92 Å². The summed E-state index contributed by atoms with van der Waals surface area (Å²) in [6.45, 7) is 5.34. The minimum atomic E-state index is -0.438. The minimum absolute atomic E-state index is 0.240. The molecule has 0 amide bonds. The molecule has 0 spiro atoms. The van der Waals surface area contributed by atoms with Gasteiger partial charge in [0.05, 0.1) is 13.1 Å². The average Bonchev–Trinajstić information content (AvgIpc) is 1.81. The molecular formula is C8H13NO3. The Hall–Kier alpha value is -0.900. The van der Waals surface area contributed by atoms with Gasteiger partial charge >= 0.3 is 11.9 Å². The number of carbonyl (C=O) groups is 2. The van der Waals surface area contributed by atoms with Gasteiger partial charge in [0.1, 0.15) is 0 Å². The number of ether oxygens (including phenoxy) is 1. The zero-order valence-electron chi connectivity index (χ0n) is 7.37. The summed E-state index contributed by atoms with van der Waals surface area (Å²) in [4.78, 5) is 23.4.